The van der Waals surface area contributed by atoms with Crippen molar-refractivity contribution in [2.24, 2.45) is 5.92 Å². The number of aliphatic hydroxyl groups is 1. The fourth-order valence-electron chi connectivity index (χ4n) is 2.10. The Hall–Kier alpha value is -1.11. The van der Waals surface area contributed by atoms with Crippen molar-refractivity contribution >= 4 is 15.7 Å². The zero-order valence-electron chi connectivity index (χ0n) is 10.3. The molecule has 1 saturated heterocycles. The summed E-state index contributed by atoms with van der Waals surface area (Å²) in [5.41, 5.74) is 0.711. The van der Waals surface area contributed by atoms with Crippen molar-refractivity contribution in [3.05, 3.63) is 24.3 Å². The van der Waals surface area contributed by atoms with Gasteiger partial charge in [-0.05, 0) is 12.1 Å². The molecule has 0 unspecified atom stereocenters. The third-order valence-electron chi connectivity index (χ3n) is 3.05. The fraction of sp³-hybridized carbons (Fsp3) is 0.500. The largest absolute Gasteiger partial charge is 0.396 e. The molecule has 0 spiro atoms. The van der Waals surface area contributed by atoms with E-state index in [1.54, 1.807) is 25.1 Å². The van der Waals surface area contributed by atoms with Gasteiger partial charge in [0.25, 0.3) is 0 Å². The van der Waals surface area contributed by atoms with Crippen LogP contribution >= 0.6 is 0 Å². The highest BCUT2D eigenvalue weighted by molar-refractivity contribution is 7.89. The molecule has 2 rings (SSSR count). The van der Waals surface area contributed by atoms with Gasteiger partial charge in [0.15, 0.2) is 0 Å². The lowest BCUT2D eigenvalue weighted by Gasteiger charge is -2.40. The van der Waals surface area contributed by atoms with Crippen molar-refractivity contribution < 1.29 is 13.5 Å². The molecule has 1 aliphatic heterocycles. The number of anilines is 1. The highest BCUT2D eigenvalue weighted by atomic mass is 32.2. The van der Waals surface area contributed by atoms with Crippen LogP contribution in [0.1, 0.15) is 6.92 Å². The monoisotopic (exact) mass is 270 g/mol. The minimum Gasteiger partial charge on any atom is -0.396 e. The van der Waals surface area contributed by atoms with E-state index < -0.39 is 10.0 Å². The second-order valence-corrected chi connectivity index (χ2v) is 6.16. The van der Waals surface area contributed by atoms with Crippen LogP contribution in [0.15, 0.2) is 29.2 Å². The second-order valence-electron chi connectivity index (χ2n) is 4.42. The summed E-state index contributed by atoms with van der Waals surface area (Å²) in [4.78, 5) is 2.29. The van der Waals surface area contributed by atoms with Gasteiger partial charge in [-0.2, -0.15) is 0 Å². The quantitative estimate of drug-likeness (QED) is 0.813. The van der Waals surface area contributed by atoms with Gasteiger partial charge in [0.05, 0.1) is 5.69 Å². The van der Waals surface area contributed by atoms with Crippen LogP contribution in [-0.2, 0) is 10.0 Å². The average Bonchev–Trinajstić information content (AvgIpc) is 2.28. The summed E-state index contributed by atoms with van der Waals surface area (Å²) in [5, 5.41) is 9.01. The Morgan fingerprint density at radius 2 is 2.06 bits per heavy atom. The predicted octanol–water partition coefficient (Wildman–Crippen LogP) is 0.413. The van der Waals surface area contributed by atoms with Gasteiger partial charge in [-0.15, -0.1) is 0 Å². The van der Waals surface area contributed by atoms with Crippen LogP contribution < -0.4 is 9.62 Å². The van der Waals surface area contributed by atoms with Crippen LogP contribution in [0.2, 0.25) is 0 Å². The maximum Gasteiger partial charge on any atom is 0.242 e. The van der Waals surface area contributed by atoms with E-state index in [9.17, 15) is 8.42 Å². The molecule has 0 aliphatic carbocycles. The number of hydrogen-bond donors (Lipinski definition) is 2. The number of hydrogen-bond acceptors (Lipinski definition) is 4. The fourth-order valence-corrected chi connectivity index (χ4v) is 3.36. The van der Waals surface area contributed by atoms with Crippen LogP contribution in [0.5, 0.6) is 0 Å². The maximum atomic E-state index is 12.1. The first-order valence-corrected chi connectivity index (χ1v) is 7.51. The van der Waals surface area contributed by atoms with Crippen LogP contribution in [0.25, 0.3) is 0 Å². The summed E-state index contributed by atoms with van der Waals surface area (Å²) in [5.74, 6) is 0.250. The third kappa shape index (κ3) is 2.50. The minimum absolute atomic E-state index is 0.151. The Morgan fingerprint density at radius 3 is 2.67 bits per heavy atom. The lowest BCUT2D eigenvalue weighted by atomic mass is 10.0. The molecular formula is C12H18N2O3S. The molecule has 2 N–H and O–H groups in total. The van der Waals surface area contributed by atoms with E-state index in [-0.39, 0.29) is 12.5 Å². The van der Waals surface area contributed by atoms with E-state index in [1.165, 1.54) is 0 Å². The molecule has 0 saturated carbocycles. The number of nitrogens with one attached hydrogen (secondary N) is 1. The topological polar surface area (TPSA) is 69.6 Å². The molecule has 5 nitrogen and oxygen atoms in total. The SMILES string of the molecule is CCNS(=O)(=O)c1ccccc1N1CC(CO)C1. The van der Waals surface area contributed by atoms with Crippen LogP contribution in [0.4, 0.5) is 5.69 Å². The first kappa shape index (κ1) is 13.3. The van der Waals surface area contributed by atoms with Gasteiger partial charge in [0.2, 0.25) is 10.0 Å². The molecule has 0 atom stereocenters. The van der Waals surface area contributed by atoms with Crippen molar-refractivity contribution in [1.29, 1.82) is 0 Å². The Labute approximate surface area is 107 Å². The van der Waals surface area contributed by atoms with E-state index in [1.807, 2.05) is 11.0 Å². The molecule has 1 aliphatic rings. The molecule has 1 aromatic rings. The van der Waals surface area contributed by atoms with Crippen molar-refractivity contribution in [1.82, 2.24) is 4.72 Å². The molecular weight excluding hydrogens is 252 g/mol. The van der Waals surface area contributed by atoms with E-state index >= 15 is 0 Å². The van der Waals surface area contributed by atoms with Gasteiger partial charge in [-0.25, -0.2) is 13.1 Å². The zero-order valence-corrected chi connectivity index (χ0v) is 11.2. The highest BCUT2D eigenvalue weighted by Crippen LogP contribution is 2.30. The first-order chi connectivity index (χ1) is 8.58. The van der Waals surface area contributed by atoms with E-state index in [0.29, 0.717) is 30.2 Å². The third-order valence-corrected chi connectivity index (χ3v) is 4.64. The average molecular weight is 270 g/mol. The standard InChI is InChI=1S/C12H18N2O3S/c1-2-13-18(16,17)12-6-4-3-5-11(12)14-7-10(8-14)9-15/h3-6,10,13,15H,2,7-9H2,1H3. The van der Waals surface area contributed by atoms with Crippen molar-refractivity contribution in [2.75, 3.05) is 31.1 Å². The molecule has 0 bridgehead atoms. The lowest BCUT2D eigenvalue weighted by molar-refractivity contribution is 0.200. The van der Waals surface area contributed by atoms with Crippen LogP contribution in [-0.4, -0.2) is 39.8 Å². The molecule has 0 radical (unpaired) electrons. The molecule has 1 fully saturated rings. The van der Waals surface area contributed by atoms with Gasteiger partial charge in [0, 0.05) is 32.2 Å². The van der Waals surface area contributed by atoms with Gasteiger partial charge >= 0.3 is 0 Å². The summed E-state index contributed by atoms with van der Waals surface area (Å²) in [6, 6.07) is 6.96. The Balaban J connectivity index is 2.27. The first-order valence-electron chi connectivity index (χ1n) is 6.03. The Bertz CT molecular complexity index is 510. The Kier molecular flexibility index (Phi) is 3.89. The minimum atomic E-state index is -3.44. The number of aliphatic hydroxyl groups excluding tert-OH is 1. The number of para-hydroxylation sites is 1. The normalized spacial score (nSPS) is 16.7. The summed E-state index contributed by atoms with van der Waals surface area (Å²) in [7, 11) is -3.44. The van der Waals surface area contributed by atoms with Gasteiger partial charge < -0.3 is 10.0 Å². The van der Waals surface area contributed by atoms with Crippen molar-refractivity contribution in [2.45, 2.75) is 11.8 Å². The van der Waals surface area contributed by atoms with E-state index in [0.717, 1.165) is 0 Å². The second kappa shape index (κ2) is 5.26. The molecule has 1 aromatic carbocycles. The van der Waals surface area contributed by atoms with Gasteiger partial charge in [-0.1, -0.05) is 19.1 Å². The highest BCUT2D eigenvalue weighted by Gasteiger charge is 2.30. The number of benzene rings is 1. The molecule has 0 amide bonds. The Morgan fingerprint density at radius 1 is 1.39 bits per heavy atom. The summed E-state index contributed by atoms with van der Waals surface area (Å²) in [6.45, 7) is 3.68. The summed E-state index contributed by atoms with van der Waals surface area (Å²) < 4.78 is 26.6. The molecule has 1 heterocycles. The van der Waals surface area contributed by atoms with Crippen LogP contribution in [0, 0.1) is 5.92 Å². The predicted molar refractivity (Wildman–Crippen MR) is 70.1 cm³/mol. The zero-order chi connectivity index (χ0) is 13.2. The molecule has 18 heavy (non-hydrogen) atoms. The molecule has 0 aromatic heterocycles. The summed E-state index contributed by atoms with van der Waals surface area (Å²) >= 11 is 0. The smallest absolute Gasteiger partial charge is 0.242 e. The van der Waals surface area contributed by atoms with E-state index in [2.05, 4.69) is 4.72 Å². The lowest BCUT2D eigenvalue weighted by Crippen LogP contribution is -2.49. The van der Waals surface area contributed by atoms with Crippen LogP contribution in [0.3, 0.4) is 0 Å². The molecule has 6 heteroatoms. The molecule has 100 valence electrons. The van der Waals surface area contributed by atoms with Gasteiger partial charge in [-0.3, -0.25) is 0 Å². The van der Waals surface area contributed by atoms with E-state index in [4.69, 9.17) is 5.11 Å². The van der Waals surface area contributed by atoms with Crippen molar-refractivity contribution in [3.63, 3.8) is 0 Å². The van der Waals surface area contributed by atoms with Gasteiger partial charge in [0.1, 0.15) is 4.90 Å². The number of rotatable bonds is 5. The number of nitrogens with zero attached hydrogens (tertiary/aromatic N) is 1. The number of sulfonamides is 1. The van der Waals surface area contributed by atoms with Crippen molar-refractivity contribution in [3.8, 4) is 0 Å². The summed E-state index contributed by atoms with van der Waals surface area (Å²) in [6.07, 6.45) is 0. The maximum absolute atomic E-state index is 12.1.